The Morgan fingerprint density at radius 1 is 1.43 bits per heavy atom. The second-order valence-electron chi connectivity index (χ2n) is 2.30. The van der Waals surface area contributed by atoms with Gasteiger partial charge in [0, 0.05) is 0 Å². The summed E-state index contributed by atoms with van der Waals surface area (Å²) >= 11 is 0. The quantitative estimate of drug-likeness (QED) is 0.785. The van der Waals surface area contributed by atoms with E-state index in [0.29, 0.717) is 5.56 Å². The highest BCUT2D eigenvalue weighted by Crippen LogP contribution is 2.05. The number of benzene rings is 1. The van der Waals surface area contributed by atoms with Gasteiger partial charge in [-0.2, -0.15) is 0 Å². The maximum absolute atomic E-state index is 10.4. The Bertz CT molecular complexity index is 302. The molecule has 1 aromatic carbocycles. The lowest BCUT2D eigenvalue weighted by molar-refractivity contribution is 0.0696. The van der Waals surface area contributed by atoms with E-state index in [9.17, 15) is 4.79 Å². The van der Waals surface area contributed by atoms with Gasteiger partial charge in [0.25, 0.3) is 0 Å². The van der Waals surface area contributed by atoms with Gasteiger partial charge in [-0.3, -0.25) is 0 Å². The molecule has 3 nitrogen and oxygen atoms in total. The molecular weight excluding hydrogens is 247 g/mol. The van der Waals surface area contributed by atoms with Crippen LogP contribution in [0.15, 0.2) is 24.3 Å². The van der Waals surface area contributed by atoms with Crippen molar-refractivity contribution in [3.05, 3.63) is 35.4 Å². The standard InChI is InChI=1S/C8H8O2.Cl2OS/c1-6-4-2-3-5-7(6)8(9)10;1-4(2)3/h2-5H,1H3,(H,9,10);. The Hall–Kier alpha value is -0.420. The predicted molar refractivity (Wildman–Crippen MR) is 58.0 cm³/mol. The van der Waals surface area contributed by atoms with E-state index in [1.807, 2.05) is 6.07 Å². The molecule has 0 unspecified atom stereocenters. The molecule has 0 fully saturated rings. The van der Waals surface area contributed by atoms with E-state index in [1.54, 1.807) is 25.1 Å². The summed E-state index contributed by atoms with van der Waals surface area (Å²) in [4.78, 5) is 10.4. The van der Waals surface area contributed by atoms with E-state index in [0.717, 1.165) is 5.56 Å². The third-order valence-electron chi connectivity index (χ3n) is 1.38. The third-order valence-corrected chi connectivity index (χ3v) is 1.38. The summed E-state index contributed by atoms with van der Waals surface area (Å²) in [5.41, 5.74) is 1.18. The molecule has 0 aliphatic heterocycles. The summed E-state index contributed by atoms with van der Waals surface area (Å²) in [6.07, 6.45) is 0. The maximum atomic E-state index is 10.4. The molecule has 1 rings (SSSR count). The van der Waals surface area contributed by atoms with Crippen LogP contribution >= 0.6 is 21.4 Å². The van der Waals surface area contributed by atoms with Crippen LogP contribution in [0.2, 0.25) is 0 Å². The summed E-state index contributed by atoms with van der Waals surface area (Å²) in [6.45, 7) is 1.78. The van der Waals surface area contributed by atoms with Crippen molar-refractivity contribution in [1.29, 1.82) is 0 Å². The first-order valence-electron chi connectivity index (χ1n) is 3.48. The lowest BCUT2D eigenvalue weighted by Crippen LogP contribution is -1.97. The SMILES string of the molecule is Cc1ccccc1C(=O)O.[O-][S+](Cl)Cl. The van der Waals surface area contributed by atoms with Crippen molar-refractivity contribution in [2.24, 2.45) is 0 Å². The molecule has 0 aliphatic rings. The van der Waals surface area contributed by atoms with Gasteiger partial charge in [0.1, 0.15) is 0 Å². The van der Waals surface area contributed by atoms with Crippen LogP contribution in [-0.4, -0.2) is 15.6 Å². The van der Waals surface area contributed by atoms with E-state index in [-0.39, 0.29) is 0 Å². The molecule has 0 saturated heterocycles. The van der Waals surface area contributed by atoms with Crippen molar-refractivity contribution >= 4 is 36.9 Å². The largest absolute Gasteiger partial charge is 0.582 e. The monoisotopic (exact) mass is 254 g/mol. The molecule has 0 saturated carbocycles. The third kappa shape index (κ3) is 6.10. The fourth-order valence-corrected chi connectivity index (χ4v) is 0.813. The predicted octanol–water partition coefficient (Wildman–Crippen LogP) is 2.74. The highest BCUT2D eigenvalue weighted by atomic mass is 36.0. The highest BCUT2D eigenvalue weighted by Gasteiger charge is 2.02. The van der Waals surface area contributed by atoms with Crippen LogP contribution in [0.4, 0.5) is 0 Å². The van der Waals surface area contributed by atoms with Gasteiger partial charge < -0.3 is 9.66 Å². The van der Waals surface area contributed by atoms with E-state index >= 15 is 0 Å². The van der Waals surface area contributed by atoms with E-state index in [1.165, 1.54) is 0 Å². The van der Waals surface area contributed by atoms with Crippen LogP contribution in [0.1, 0.15) is 15.9 Å². The second kappa shape index (κ2) is 6.95. The molecule has 0 spiro atoms. The Kier molecular flexibility index (Phi) is 6.74. The summed E-state index contributed by atoms with van der Waals surface area (Å²) in [6, 6.07) is 6.92. The van der Waals surface area contributed by atoms with Crippen LogP contribution in [0.5, 0.6) is 0 Å². The molecule has 1 N–H and O–H groups in total. The first-order valence-corrected chi connectivity index (χ1v) is 6.28. The number of aryl methyl sites for hydroxylation is 1. The first-order chi connectivity index (χ1) is 6.45. The molecular formula is C8H8Cl2O3S. The molecule has 1 aromatic rings. The number of hydrogen-bond donors (Lipinski definition) is 1. The molecule has 0 radical (unpaired) electrons. The van der Waals surface area contributed by atoms with Crippen LogP contribution in [0.25, 0.3) is 0 Å². The second-order valence-corrected chi connectivity index (χ2v) is 4.83. The van der Waals surface area contributed by atoms with Gasteiger partial charge in [-0.05, 0) is 18.6 Å². The van der Waals surface area contributed by atoms with Crippen LogP contribution in [0.3, 0.4) is 0 Å². The maximum Gasteiger partial charge on any atom is 0.335 e. The number of carboxylic acid groups (broad SMARTS) is 1. The fraction of sp³-hybridized carbons (Fsp3) is 0.125. The zero-order chi connectivity index (χ0) is 11.1. The van der Waals surface area contributed by atoms with Crippen molar-refractivity contribution in [2.45, 2.75) is 6.92 Å². The molecule has 0 heterocycles. The minimum atomic E-state index is -1.67. The molecule has 0 bridgehead atoms. The van der Waals surface area contributed by atoms with Gasteiger partial charge in [0.2, 0.25) is 0 Å². The Labute approximate surface area is 93.8 Å². The topological polar surface area (TPSA) is 60.4 Å². The minimum Gasteiger partial charge on any atom is -0.582 e. The van der Waals surface area contributed by atoms with Crippen molar-refractivity contribution in [1.82, 2.24) is 0 Å². The van der Waals surface area contributed by atoms with Crippen molar-refractivity contribution < 1.29 is 14.5 Å². The van der Waals surface area contributed by atoms with Crippen LogP contribution < -0.4 is 0 Å². The molecule has 0 aliphatic carbocycles. The molecule has 78 valence electrons. The summed E-state index contributed by atoms with van der Waals surface area (Å²) in [7, 11) is 7.36. The average Bonchev–Trinajstić information content (AvgIpc) is 2.03. The van der Waals surface area contributed by atoms with Gasteiger partial charge >= 0.3 is 5.97 Å². The van der Waals surface area contributed by atoms with Crippen molar-refractivity contribution in [3.8, 4) is 0 Å². The Morgan fingerprint density at radius 2 is 1.86 bits per heavy atom. The van der Waals surface area contributed by atoms with Gasteiger partial charge in [0.15, 0.2) is 31.0 Å². The number of halogens is 2. The van der Waals surface area contributed by atoms with Crippen molar-refractivity contribution in [2.75, 3.05) is 0 Å². The first kappa shape index (κ1) is 13.6. The van der Waals surface area contributed by atoms with Crippen LogP contribution in [-0.2, 0) is 9.60 Å². The number of hydrogen-bond acceptors (Lipinski definition) is 2. The molecule has 6 heteroatoms. The van der Waals surface area contributed by atoms with E-state index in [4.69, 9.17) is 9.66 Å². The summed E-state index contributed by atoms with van der Waals surface area (Å²) in [5.74, 6) is -0.863. The zero-order valence-corrected chi connectivity index (χ0v) is 9.57. The lowest BCUT2D eigenvalue weighted by atomic mass is 10.1. The summed E-state index contributed by atoms with van der Waals surface area (Å²) in [5, 5.41) is 8.57. The minimum absolute atomic E-state index is 0.377. The zero-order valence-electron chi connectivity index (χ0n) is 7.24. The van der Waals surface area contributed by atoms with Gasteiger partial charge in [-0.25, -0.2) is 4.79 Å². The van der Waals surface area contributed by atoms with Gasteiger partial charge in [0.05, 0.1) is 5.56 Å². The fourth-order valence-electron chi connectivity index (χ4n) is 0.813. The van der Waals surface area contributed by atoms with E-state index in [2.05, 4.69) is 21.4 Å². The van der Waals surface area contributed by atoms with Gasteiger partial charge in [-0.1, -0.05) is 18.2 Å². The molecule has 14 heavy (non-hydrogen) atoms. The highest BCUT2D eigenvalue weighted by molar-refractivity contribution is 8.31. The molecule has 0 amide bonds. The smallest absolute Gasteiger partial charge is 0.335 e. The van der Waals surface area contributed by atoms with Crippen molar-refractivity contribution in [3.63, 3.8) is 0 Å². The number of rotatable bonds is 1. The Morgan fingerprint density at radius 3 is 2.14 bits per heavy atom. The molecule has 0 atom stereocenters. The number of carboxylic acids is 1. The normalized spacial score (nSPS) is 9.21. The van der Waals surface area contributed by atoms with Crippen LogP contribution in [0, 0.1) is 6.92 Å². The molecule has 0 aromatic heterocycles. The van der Waals surface area contributed by atoms with E-state index < -0.39 is 15.6 Å². The lowest BCUT2D eigenvalue weighted by Gasteiger charge is -1.96. The average molecular weight is 255 g/mol. The van der Waals surface area contributed by atoms with Gasteiger partial charge in [-0.15, -0.1) is 0 Å². The Balaban J connectivity index is 0.000000364. The summed E-state index contributed by atoms with van der Waals surface area (Å²) < 4.78 is 9.09. The number of carbonyl (C=O) groups is 1. The number of aromatic carboxylic acids is 1.